The fourth-order valence-electron chi connectivity index (χ4n) is 2.63. The number of rotatable bonds is 21. The molecule has 2 N–H and O–H groups in total. The molecule has 0 radical (unpaired) electrons. The first-order valence-electron chi connectivity index (χ1n) is 12.0. The molecule has 0 aliphatic heterocycles. The molecule has 0 heterocycles. The number of ketones is 1. The Kier molecular flexibility index (Phi) is 17.6. The molecule has 36 heavy (non-hydrogen) atoms. The zero-order valence-electron chi connectivity index (χ0n) is 21.2. The number of benzene rings is 1. The van der Waals surface area contributed by atoms with Gasteiger partial charge >= 0.3 is 5.97 Å². The van der Waals surface area contributed by atoms with Gasteiger partial charge in [0.1, 0.15) is 12.4 Å². The molecular formula is C25H38N2O9. The van der Waals surface area contributed by atoms with Crippen LogP contribution in [-0.4, -0.2) is 83.0 Å². The van der Waals surface area contributed by atoms with Crippen molar-refractivity contribution < 1.29 is 42.9 Å². The minimum atomic E-state index is -0.344. The molecule has 0 aromatic heterocycles. The minimum absolute atomic E-state index is 0.0866. The fourth-order valence-corrected chi connectivity index (χ4v) is 2.63. The molecular weight excluding hydrogens is 472 g/mol. The van der Waals surface area contributed by atoms with Crippen LogP contribution < -0.4 is 10.6 Å². The average Bonchev–Trinajstić information content (AvgIpc) is 2.84. The van der Waals surface area contributed by atoms with Gasteiger partial charge in [-0.25, -0.2) is 0 Å². The highest BCUT2D eigenvalue weighted by atomic mass is 16.5. The van der Waals surface area contributed by atoms with E-state index < -0.39 is 0 Å². The Morgan fingerprint density at radius 1 is 0.667 bits per heavy atom. The van der Waals surface area contributed by atoms with Gasteiger partial charge < -0.3 is 34.3 Å². The summed E-state index contributed by atoms with van der Waals surface area (Å²) < 4.78 is 26.2. The number of anilines is 1. The summed E-state index contributed by atoms with van der Waals surface area (Å²) in [6.45, 7) is 6.21. The largest absolute Gasteiger partial charge is 0.461 e. The first kappa shape index (κ1) is 31.2. The smallest absolute Gasteiger partial charge is 0.302 e. The van der Waals surface area contributed by atoms with E-state index in [1.54, 1.807) is 24.3 Å². The Morgan fingerprint density at radius 3 is 1.75 bits per heavy atom. The van der Waals surface area contributed by atoms with Gasteiger partial charge in [-0.1, -0.05) is 12.1 Å². The molecule has 11 nitrogen and oxygen atoms in total. The van der Waals surface area contributed by atoms with Crippen LogP contribution in [0.25, 0.3) is 0 Å². The zero-order chi connectivity index (χ0) is 26.4. The molecule has 0 aliphatic rings. The van der Waals surface area contributed by atoms with Crippen molar-refractivity contribution in [1.29, 1.82) is 0 Å². The van der Waals surface area contributed by atoms with Crippen molar-refractivity contribution in [3.05, 3.63) is 29.8 Å². The minimum Gasteiger partial charge on any atom is -0.461 e. The third kappa shape index (κ3) is 18.5. The Morgan fingerprint density at radius 2 is 1.19 bits per heavy atom. The maximum Gasteiger partial charge on any atom is 0.302 e. The topological polar surface area (TPSA) is 138 Å². The molecule has 1 aromatic rings. The molecule has 0 spiro atoms. The molecule has 202 valence electrons. The van der Waals surface area contributed by atoms with Gasteiger partial charge in [-0.05, 0) is 24.6 Å². The summed E-state index contributed by atoms with van der Waals surface area (Å²) in [4.78, 5) is 45.2. The Labute approximate surface area is 212 Å². The number of carbonyl (C=O) groups is 4. The van der Waals surface area contributed by atoms with Crippen molar-refractivity contribution in [2.75, 3.05) is 64.7 Å². The lowest BCUT2D eigenvalue weighted by molar-refractivity contribution is -0.142. The summed E-state index contributed by atoms with van der Waals surface area (Å²) in [6, 6.07) is 7.04. The van der Waals surface area contributed by atoms with Crippen LogP contribution in [0.15, 0.2) is 24.3 Å². The lowest BCUT2D eigenvalue weighted by Gasteiger charge is -2.09. The number of amides is 2. The molecule has 0 unspecified atom stereocenters. The second-order valence-electron chi connectivity index (χ2n) is 7.78. The van der Waals surface area contributed by atoms with Crippen molar-refractivity contribution in [3.63, 3.8) is 0 Å². The van der Waals surface area contributed by atoms with E-state index in [9.17, 15) is 19.2 Å². The molecule has 0 saturated carbocycles. The summed E-state index contributed by atoms with van der Waals surface area (Å²) in [5, 5.41) is 5.51. The van der Waals surface area contributed by atoms with Crippen LogP contribution in [0.3, 0.4) is 0 Å². The summed E-state index contributed by atoms with van der Waals surface area (Å²) in [6.07, 6.45) is 0.848. The molecule has 0 bridgehead atoms. The van der Waals surface area contributed by atoms with Crippen LogP contribution in [0.2, 0.25) is 0 Å². The summed E-state index contributed by atoms with van der Waals surface area (Å²) >= 11 is 0. The SMILES string of the molecule is CC(=O)CCOCCOCCC(=O)NCCOCCOCCC(=O)Nc1ccc(COC(C)=O)cc1. The van der Waals surface area contributed by atoms with E-state index >= 15 is 0 Å². The number of ether oxygens (including phenoxy) is 5. The van der Waals surface area contributed by atoms with Crippen molar-refractivity contribution in [2.45, 2.75) is 39.7 Å². The van der Waals surface area contributed by atoms with Gasteiger partial charge in [0.05, 0.1) is 59.3 Å². The van der Waals surface area contributed by atoms with Gasteiger partial charge in [0.2, 0.25) is 11.8 Å². The lowest BCUT2D eigenvalue weighted by Crippen LogP contribution is -2.28. The zero-order valence-corrected chi connectivity index (χ0v) is 21.2. The highest BCUT2D eigenvalue weighted by molar-refractivity contribution is 5.90. The number of Topliss-reactive ketones (excluding diaryl/α,β-unsaturated/α-hetero) is 1. The summed E-state index contributed by atoms with van der Waals surface area (Å²) in [7, 11) is 0. The first-order chi connectivity index (χ1) is 17.4. The second kappa shape index (κ2) is 20.3. The van der Waals surface area contributed by atoms with Crippen molar-refractivity contribution >= 4 is 29.3 Å². The van der Waals surface area contributed by atoms with Crippen molar-refractivity contribution in [2.24, 2.45) is 0 Å². The molecule has 1 aromatic carbocycles. The van der Waals surface area contributed by atoms with E-state index in [4.69, 9.17) is 23.7 Å². The maximum absolute atomic E-state index is 12.0. The number of hydrogen-bond acceptors (Lipinski definition) is 9. The van der Waals surface area contributed by atoms with Gasteiger partial charge in [0.15, 0.2) is 0 Å². The van der Waals surface area contributed by atoms with E-state index in [-0.39, 0.29) is 49.6 Å². The molecule has 2 amide bonds. The van der Waals surface area contributed by atoms with Gasteiger partial charge in [0.25, 0.3) is 0 Å². The highest BCUT2D eigenvalue weighted by Crippen LogP contribution is 2.11. The molecule has 0 atom stereocenters. The number of nitrogens with one attached hydrogen (secondary N) is 2. The summed E-state index contributed by atoms with van der Waals surface area (Å²) in [5.41, 5.74) is 1.49. The maximum atomic E-state index is 12.0. The predicted octanol–water partition coefficient (Wildman–Crippen LogP) is 1.63. The van der Waals surface area contributed by atoms with E-state index in [1.165, 1.54) is 13.8 Å². The van der Waals surface area contributed by atoms with Gasteiger partial charge in [-0.15, -0.1) is 0 Å². The first-order valence-corrected chi connectivity index (χ1v) is 12.0. The second-order valence-corrected chi connectivity index (χ2v) is 7.78. The number of esters is 1. The number of hydrogen-bond donors (Lipinski definition) is 2. The van der Waals surface area contributed by atoms with Gasteiger partial charge in [0, 0.05) is 32.0 Å². The van der Waals surface area contributed by atoms with Crippen LogP contribution in [-0.2, 0) is 49.5 Å². The van der Waals surface area contributed by atoms with Crippen LogP contribution >= 0.6 is 0 Å². The normalized spacial score (nSPS) is 10.6. The third-order valence-corrected chi connectivity index (χ3v) is 4.54. The average molecular weight is 511 g/mol. The molecule has 0 aliphatic carbocycles. The van der Waals surface area contributed by atoms with Crippen molar-refractivity contribution in [1.82, 2.24) is 5.32 Å². The quantitative estimate of drug-likeness (QED) is 0.187. The van der Waals surface area contributed by atoms with Crippen LogP contribution in [0.4, 0.5) is 5.69 Å². The molecule has 0 saturated heterocycles. The van der Waals surface area contributed by atoms with E-state index in [0.717, 1.165) is 5.56 Å². The van der Waals surface area contributed by atoms with E-state index in [0.29, 0.717) is 64.9 Å². The fraction of sp³-hybridized carbons (Fsp3) is 0.600. The van der Waals surface area contributed by atoms with Gasteiger partial charge in [-0.2, -0.15) is 0 Å². The molecule has 0 fully saturated rings. The molecule has 11 heteroatoms. The highest BCUT2D eigenvalue weighted by Gasteiger charge is 2.04. The Balaban J connectivity index is 1.91. The summed E-state index contributed by atoms with van der Waals surface area (Å²) in [5.74, 6) is -0.555. The van der Waals surface area contributed by atoms with E-state index in [2.05, 4.69) is 10.6 Å². The molecule has 1 rings (SSSR count). The van der Waals surface area contributed by atoms with Crippen LogP contribution in [0.5, 0.6) is 0 Å². The standard InChI is InChI=1S/C25H38N2O9/c1-20(28)7-11-32-15-16-33-12-8-24(30)26-10-14-35-18-17-34-13-9-25(31)27-23-5-3-22(4-6-23)19-36-21(2)29/h3-6H,7-19H2,1-2H3,(H,26,30)(H,27,31). The predicted molar refractivity (Wildman–Crippen MR) is 131 cm³/mol. The van der Waals surface area contributed by atoms with Gasteiger partial charge in [-0.3, -0.25) is 19.2 Å². The lowest BCUT2D eigenvalue weighted by atomic mass is 10.2. The Hall–Kier alpha value is -2.86. The van der Waals surface area contributed by atoms with Crippen molar-refractivity contribution in [3.8, 4) is 0 Å². The van der Waals surface area contributed by atoms with Crippen LogP contribution in [0, 0.1) is 0 Å². The van der Waals surface area contributed by atoms with E-state index in [1.807, 2.05) is 0 Å². The number of carbonyl (C=O) groups excluding carboxylic acids is 4. The monoisotopic (exact) mass is 510 g/mol. The Bertz CT molecular complexity index is 784. The third-order valence-electron chi connectivity index (χ3n) is 4.54. The van der Waals surface area contributed by atoms with Crippen LogP contribution in [0.1, 0.15) is 38.7 Å².